The maximum absolute atomic E-state index is 13.7. The van der Waals surface area contributed by atoms with Gasteiger partial charge in [-0.05, 0) is 31.9 Å². The van der Waals surface area contributed by atoms with E-state index in [0.29, 0.717) is 5.52 Å². The number of hydrogen-bond acceptors (Lipinski definition) is 2. The minimum Gasteiger partial charge on any atom is -0.384 e. The fourth-order valence-electron chi connectivity index (χ4n) is 2.22. The van der Waals surface area contributed by atoms with Crippen LogP contribution in [0.2, 0.25) is 0 Å². The van der Waals surface area contributed by atoms with Crippen LogP contribution in [0.25, 0.3) is 10.9 Å². The molecule has 0 aliphatic heterocycles. The molecular weight excluding hydrogens is 215 g/mol. The number of halogens is 1. The minimum absolute atomic E-state index is 0.257. The van der Waals surface area contributed by atoms with Gasteiger partial charge in [0.25, 0.3) is 0 Å². The SMILES string of the molecule is CCNc1c(CC)c(C)nc2c(F)cccc12. The zero-order chi connectivity index (χ0) is 12.4. The number of aromatic nitrogens is 1. The summed E-state index contributed by atoms with van der Waals surface area (Å²) in [5, 5.41) is 4.20. The van der Waals surface area contributed by atoms with Crippen molar-refractivity contribution in [1.29, 1.82) is 0 Å². The highest BCUT2D eigenvalue weighted by Gasteiger charge is 2.12. The van der Waals surface area contributed by atoms with Crippen LogP contribution in [0.15, 0.2) is 18.2 Å². The van der Waals surface area contributed by atoms with Gasteiger partial charge in [-0.3, -0.25) is 0 Å². The number of benzene rings is 1. The number of nitrogens with zero attached hydrogens (tertiary/aromatic N) is 1. The lowest BCUT2D eigenvalue weighted by molar-refractivity contribution is 0.636. The molecule has 1 heterocycles. The van der Waals surface area contributed by atoms with E-state index in [1.54, 1.807) is 6.07 Å². The van der Waals surface area contributed by atoms with Gasteiger partial charge < -0.3 is 5.32 Å². The van der Waals surface area contributed by atoms with Gasteiger partial charge in [-0.25, -0.2) is 9.37 Å². The summed E-state index contributed by atoms with van der Waals surface area (Å²) in [6, 6.07) is 5.10. The van der Waals surface area contributed by atoms with Crippen molar-refractivity contribution < 1.29 is 4.39 Å². The van der Waals surface area contributed by atoms with Gasteiger partial charge in [0.1, 0.15) is 11.3 Å². The molecule has 0 saturated heterocycles. The van der Waals surface area contributed by atoms with Crippen LogP contribution in [-0.4, -0.2) is 11.5 Å². The topological polar surface area (TPSA) is 24.9 Å². The van der Waals surface area contributed by atoms with Crippen molar-refractivity contribution in [3.63, 3.8) is 0 Å². The van der Waals surface area contributed by atoms with E-state index in [4.69, 9.17) is 0 Å². The molecule has 1 aromatic heterocycles. The Hall–Kier alpha value is -1.64. The van der Waals surface area contributed by atoms with Crippen LogP contribution in [0.5, 0.6) is 0 Å². The van der Waals surface area contributed by atoms with Crippen molar-refractivity contribution in [3.8, 4) is 0 Å². The van der Waals surface area contributed by atoms with Crippen LogP contribution in [0.4, 0.5) is 10.1 Å². The molecule has 0 aliphatic rings. The molecular formula is C14H17FN2. The average molecular weight is 232 g/mol. The predicted octanol–water partition coefficient (Wildman–Crippen LogP) is 3.68. The summed E-state index contributed by atoms with van der Waals surface area (Å²) in [7, 11) is 0. The Labute approximate surface area is 101 Å². The minimum atomic E-state index is -0.257. The molecule has 2 rings (SSSR count). The molecule has 0 radical (unpaired) electrons. The number of rotatable bonds is 3. The van der Waals surface area contributed by atoms with E-state index in [-0.39, 0.29) is 5.82 Å². The summed E-state index contributed by atoms with van der Waals surface area (Å²) < 4.78 is 13.7. The van der Waals surface area contributed by atoms with E-state index in [1.807, 2.05) is 19.9 Å². The normalized spacial score (nSPS) is 10.8. The Bertz CT molecular complexity index is 549. The first-order valence-electron chi connectivity index (χ1n) is 6.00. The lowest BCUT2D eigenvalue weighted by Crippen LogP contribution is -2.05. The molecule has 0 atom stereocenters. The molecule has 3 heteroatoms. The van der Waals surface area contributed by atoms with Crippen LogP contribution < -0.4 is 5.32 Å². The molecule has 0 amide bonds. The summed E-state index contributed by atoms with van der Waals surface area (Å²) in [5.74, 6) is -0.257. The van der Waals surface area contributed by atoms with Gasteiger partial charge in [0, 0.05) is 23.3 Å². The smallest absolute Gasteiger partial charge is 0.149 e. The summed E-state index contributed by atoms with van der Waals surface area (Å²) in [6.45, 7) is 6.89. The van der Waals surface area contributed by atoms with Crippen molar-refractivity contribution in [3.05, 3.63) is 35.3 Å². The highest BCUT2D eigenvalue weighted by atomic mass is 19.1. The number of hydrogen-bond donors (Lipinski definition) is 1. The van der Waals surface area contributed by atoms with Crippen LogP contribution >= 0.6 is 0 Å². The summed E-state index contributed by atoms with van der Waals surface area (Å²) in [5.41, 5.74) is 3.56. The number of anilines is 1. The Morgan fingerprint density at radius 2 is 2.06 bits per heavy atom. The first-order valence-corrected chi connectivity index (χ1v) is 6.00. The fraction of sp³-hybridized carbons (Fsp3) is 0.357. The monoisotopic (exact) mass is 232 g/mol. The predicted molar refractivity (Wildman–Crippen MR) is 70.0 cm³/mol. The van der Waals surface area contributed by atoms with Crippen molar-refractivity contribution in [2.24, 2.45) is 0 Å². The highest BCUT2D eigenvalue weighted by molar-refractivity contribution is 5.93. The average Bonchev–Trinajstić information content (AvgIpc) is 2.31. The van der Waals surface area contributed by atoms with Crippen LogP contribution in [-0.2, 0) is 6.42 Å². The Morgan fingerprint density at radius 1 is 1.29 bits per heavy atom. The van der Waals surface area contributed by atoms with E-state index in [9.17, 15) is 4.39 Å². The number of fused-ring (bicyclic) bond motifs is 1. The van der Waals surface area contributed by atoms with Gasteiger partial charge in [0.2, 0.25) is 0 Å². The number of para-hydroxylation sites is 1. The van der Waals surface area contributed by atoms with E-state index in [1.165, 1.54) is 11.6 Å². The standard InChI is InChI=1S/C14H17FN2/c1-4-10-9(3)17-14-11(13(10)16-5-2)7-6-8-12(14)15/h6-8H,4-5H2,1-3H3,(H,16,17). The summed E-state index contributed by atoms with van der Waals surface area (Å²) >= 11 is 0. The molecule has 0 bridgehead atoms. The van der Waals surface area contributed by atoms with Crippen molar-refractivity contribution >= 4 is 16.6 Å². The largest absolute Gasteiger partial charge is 0.384 e. The quantitative estimate of drug-likeness (QED) is 0.873. The van der Waals surface area contributed by atoms with Gasteiger partial charge in [-0.15, -0.1) is 0 Å². The second-order valence-electron chi connectivity index (χ2n) is 4.07. The second-order valence-corrected chi connectivity index (χ2v) is 4.07. The number of aryl methyl sites for hydroxylation is 1. The Balaban J connectivity index is 2.82. The first kappa shape index (κ1) is 11.8. The molecule has 0 aliphatic carbocycles. The van der Waals surface area contributed by atoms with E-state index >= 15 is 0 Å². The maximum Gasteiger partial charge on any atom is 0.149 e. The fourth-order valence-corrected chi connectivity index (χ4v) is 2.22. The lowest BCUT2D eigenvalue weighted by atomic mass is 10.0. The zero-order valence-corrected chi connectivity index (χ0v) is 10.5. The van der Waals surface area contributed by atoms with Gasteiger partial charge in [-0.2, -0.15) is 0 Å². The summed E-state index contributed by atoms with van der Waals surface area (Å²) in [6.07, 6.45) is 0.896. The molecule has 0 saturated carbocycles. The molecule has 2 aromatic rings. The Morgan fingerprint density at radius 3 is 2.71 bits per heavy atom. The van der Waals surface area contributed by atoms with Gasteiger partial charge in [-0.1, -0.05) is 19.1 Å². The van der Waals surface area contributed by atoms with Gasteiger partial charge >= 0.3 is 0 Å². The molecule has 90 valence electrons. The lowest BCUT2D eigenvalue weighted by Gasteiger charge is -2.15. The van der Waals surface area contributed by atoms with Crippen LogP contribution in [0.1, 0.15) is 25.1 Å². The number of pyridine rings is 1. The van der Waals surface area contributed by atoms with Gasteiger partial charge in [0.15, 0.2) is 0 Å². The highest BCUT2D eigenvalue weighted by Crippen LogP contribution is 2.29. The first-order chi connectivity index (χ1) is 8.19. The molecule has 0 spiro atoms. The van der Waals surface area contributed by atoms with Crippen molar-refractivity contribution in [2.75, 3.05) is 11.9 Å². The third kappa shape index (κ3) is 1.97. The molecule has 1 aromatic carbocycles. The zero-order valence-electron chi connectivity index (χ0n) is 10.5. The second kappa shape index (κ2) is 4.70. The molecule has 0 unspecified atom stereocenters. The third-order valence-electron chi connectivity index (χ3n) is 2.98. The number of nitrogens with one attached hydrogen (secondary N) is 1. The van der Waals surface area contributed by atoms with Crippen LogP contribution in [0, 0.1) is 12.7 Å². The van der Waals surface area contributed by atoms with E-state index in [2.05, 4.69) is 17.2 Å². The molecule has 1 N–H and O–H groups in total. The van der Waals surface area contributed by atoms with Crippen molar-refractivity contribution in [1.82, 2.24) is 4.98 Å². The Kier molecular flexibility index (Phi) is 3.27. The molecule has 17 heavy (non-hydrogen) atoms. The van der Waals surface area contributed by atoms with Crippen LogP contribution in [0.3, 0.4) is 0 Å². The maximum atomic E-state index is 13.7. The van der Waals surface area contributed by atoms with E-state index in [0.717, 1.165) is 29.7 Å². The molecule has 0 fully saturated rings. The third-order valence-corrected chi connectivity index (χ3v) is 2.98. The van der Waals surface area contributed by atoms with E-state index < -0.39 is 0 Å². The molecule has 2 nitrogen and oxygen atoms in total. The van der Waals surface area contributed by atoms with Crippen molar-refractivity contribution in [2.45, 2.75) is 27.2 Å². The van der Waals surface area contributed by atoms with Gasteiger partial charge in [0.05, 0.1) is 0 Å². The summed E-state index contributed by atoms with van der Waals surface area (Å²) in [4.78, 5) is 4.37.